The van der Waals surface area contributed by atoms with Crippen LogP contribution in [0.15, 0.2) is 91.1 Å². The fraction of sp³-hybridized carbons (Fsp3) is 0.360. The lowest BCUT2D eigenvalue weighted by Gasteiger charge is -2.30. The number of ether oxygens (including phenoxy) is 4. The van der Waals surface area contributed by atoms with Crippen LogP contribution in [0.5, 0.6) is 28.7 Å². The van der Waals surface area contributed by atoms with E-state index in [1.54, 1.807) is 31.2 Å². The monoisotopic (exact) mass is 938 g/mol. The number of hydrogen-bond acceptors (Lipinski definition) is 11. The molecular formula is C50H62N6O10S. The third kappa shape index (κ3) is 14.0. The van der Waals surface area contributed by atoms with Gasteiger partial charge >= 0.3 is 12.1 Å². The molecule has 0 aliphatic heterocycles. The molecule has 6 aromatic rings. The van der Waals surface area contributed by atoms with E-state index in [1.165, 1.54) is 36.2 Å². The number of nitrogens with one attached hydrogen (secondary N) is 4. The smallest absolute Gasteiger partial charge is 0.411 e. The third-order valence-corrected chi connectivity index (χ3v) is 11.8. The number of aryl methyl sites for hydroxylation is 1. The molecule has 0 bridgehead atoms. The van der Waals surface area contributed by atoms with Gasteiger partial charge in [0.05, 0.1) is 25.2 Å². The average molecular weight is 939 g/mol. The van der Waals surface area contributed by atoms with Gasteiger partial charge in [0.15, 0.2) is 17.2 Å². The number of hydrogen-bond donors (Lipinski definition) is 5. The van der Waals surface area contributed by atoms with Crippen molar-refractivity contribution >= 4 is 50.7 Å². The molecule has 0 unspecified atom stereocenters. The predicted molar refractivity (Wildman–Crippen MR) is 261 cm³/mol. The Morgan fingerprint density at radius 2 is 1.49 bits per heavy atom. The van der Waals surface area contributed by atoms with E-state index in [-0.39, 0.29) is 40.5 Å². The van der Waals surface area contributed by atoms with Crippen LogP contribution in [0, 0.1) is 6.92 Å². The lowest BCUT2D eigenvalue weighted by atomic mass is 9.76. The highest BCUT2D eigenvalue weighted by atomic mass is 32.2. The Morgan fingerprint density at radius 1 is 0.836 bits per heavy atom. The normalized spacial score (nSPS) is 11.6. The van der Waals surface area contributed by atoms with Gasteiger partial charge in [-0.2, -0.15) is 5.10 Å². The van der Waals surface area contributed by atoms with E-state index < -0.39 is 22.1 Å². The number of esters is 1. The molecule has 4 aromatic carbocycles. The van der Waals surface area contributed by atoms with Gasteiger partial charge in [-0.05, 0) is 116 Å². The average Bonchev–Trinajstić information content (AvgIpc) is 3.82. The molecule has 5 N–H and O–H groups in total. The Hall–Kier alpha value is -7.01. The summed E-state index contributed by atoms with van der Waals surface area (Å²) in [5.74, 6) is 2.31. The Labute approximate surface area is 392 Å². The summed E-state index contributed by atoms with van der Waals surface area (Å²) < 4.78 is 49.4. The van der Waals surface area contributed by atoms with E-state index in [0.717, 1.165) is 36.0 Å². The molecule has 17 heteroatoms. The first-order chi connectivity index (χ1) is 31.6. The molecule has 2 heterocycles. The highest BCUT2D eigenvalue weighted by Gasteiger charge is 2.27. The number of benzene rings is 4. The van der Waals surface area contributed by atoms with Crippen molar-refractivity contribution < 1.29 is 46.9 Å². The second kappa shape index (κ2) is 22.0. The van der Waals surface area contributed by atoms with Crippen LogP contribution in [0.25, 0.3) is 17.0 Å². The van der Waals surface area contributed by atoms with Gasteiger partial charge in [-0.25, -0.2) is 13.2 Å². The SMILES string of the molecule is CCC(C)(C)c1ccc(OCCCC(=O)Nc2ccc(Oc3c(C)cn4c(-c5ccc(NS(C)(=O)=O)cc5)n[nH]c34)cc2)c(C(C)(C)CC)c1.CCOC(=O)Nc1cc(OC(C)=O)ccc1O. The van der Waals surface area contributed by atoms with Crippen LogP contribution in [0.2, 0.25) is 0 Å². The summed E-state index contributed by atoms with van der Waals surface area (Å²) in [6.45, 7) is 19.0. The Balaban J connectivity index is 0.000000416. The molecule has 0 fully saturated rings. The zero-order chi connectivity index (χ0) is 49.1. The van der Waals surface area contributed by atoms with Gasteiger partial charge < -0.3 is 29.4 Å². The van der Waals surface area contributed by atoms with Gasteiger partial charge in [0.1, 0.15) is 23.0 Å². The molecule has 6 rings (SSSR count). The van der Waals surface area contributed by atoms with Crippen LogP contribution in [-0.2, 0) is 35.2 Å². The Morgan fingerprint density at radius 3 is 2.12 bits per heavy atom. The molecular weight excluding hydrogens is 877 g/mol. The molecule has 0 aliphatic rings. The van der Waals surface area contributed by atoms with Crippen LogP contribution in [0.1, 0.15) is 97.8 Å². The number of anilines is 3. The number of aromatic hydroxyl groups is 1. The van der Waals surface area contributed by atoms with Gasteiger partial charge in [0.2, 0.25) is 15.9 Å². The summed E-state index contributed by atoms with van der Waals surface area (Å²) >= 11 is 0. The van der Waals surface area contributed by atoms with Crippen molar-refractivity contribution in [3.8, 4) is 40.1 Å². The maximum Gasteiger partial charge on any atom is 0.411 e. The van der Waals surface area contributed by atoms with Gasteiger partial charge in [-0.1, -0.05) is 53.7 Å². The molecule has 0 saturated carbocycles. The van der Waals surface area contributed by atoms with E-state index >= 15 is 0 Å². The molecule has 0 saturated heterocycles. The highest BCUT2D eigenvalue weighted by molar-refractivity contribution is 7.92. The van der Waals surface area contributed by atoms with Crippen molar-refractivity contribution in [1.82, 2.24) is 14.6 Å². The highest BCUT2D eigenvalue weighted by Crippen LogP contribution is 2.39. The number of aromatic amines is 1. The Bertz CT molecular complexity index is 2780. The zero-order valence-corrected chi connectivity index (χ0v) is 40.6. The third-order valence-electron chi connectivity index (χ3n) is 11.2. The number of aromatic nitrogens is 3. The van der Waals surface area contributed by atoms with Gasteiger partial charge in [-0.3, -0.25) is 29.1 Å². The van der Waals surface area contributed by atoms with Crippen LogP contribution in [0.3, 0.4) is 0 Å². The predicted octanol–water partition coefficient (Wildman–Crippen LogP) is 10.9. The van der Waals surface area contributed by atoms with E-state index in [1.807, 2.05) is 41.8 Å². The quantitative estimate of drug-likeness (QED) is 0.0237. The lowest BCUT2D eigenvalue weighted by molar-refractivity contribution is -0.131. The minimum atomic E-state index is -3.36. The van der Waals surface area contributed by atoms with Gasteiger partial charge in [-0.15, -0.1) is 0 Å². The van der Waals surface area contributed by atoms with E-state index in [2.05, 4.69) is 90.0 Å². The molecule has 358 valence electrons. The van der Waals surface area contributed by atoms with E-state index in [9.17, 15) is 27.9 Å². The number of carbonyl (C=O) groups is 3. The maximum absolute atomic E-state index is 12.8. The number of carbonyl (C=O) groups excluding carboxylic acids is 3. The van der Waals surface area contributed by atoms with Gasteiger partial charge in [0, 0.05) is 53.7 Å². The maximum atomic E-state index is 12.8. The largest absolute Gasteiger partial charge is 0.506 e. The van der Waals surface area contributed by atoms with E-state index in [0.29, 0.717) is 53.8 Å². The molecule has 67 heavy (non-hydrogen) atoms. The first kappa shape index (κ1) is 51.0. The van der Waals surface area contributed by atoms with Crippen molar-refractivity contribution in [3.05, 3.63) is 108 Å². The van der Waals surface area contributed by atoms with Crippen molar-refractivity contribution in [2.45, 2.75) is 98.8 Å². The number of H-pyrrole nitrogens is 1. The summed E-state index contributed by atoms with van der Waals surface area (Å²) in [6.07, 6.45) is 5.34. The molecule has 0 spiro atoms. The fourth-order valence-electron chi connectivity index (χ4n) is 6.76. The van der Waals surface area contributed by atoms with E-state index in [4.69, 9.17) is 14.2 Å². The van der Waals surface area contributed by atoms with Crippen molar-refractivity contribution in [2.75, 3.05) is 34.8 Å². The van der Waals surface area contributed by atoms with Crippen LogP contribution >= 0.6 is 0 Å². The van der Waals surface area contributed by atoms with Crippen molar-refractivity contribution in [2.24, 2.45) is 0 Å². The fourth-order valence-corrected chi connectivity index (χ4v) is 7.33. The zero-order valence-electron chi connectivity index (χ0n) is 39.8. The van der Waals surface area contributed by atoms with Crippen molar-refractivity contribution in [3.63, 3.8) is 0 Å². The van der Waals surface area contributed by atoms with Crippen LogP contribution in [0.4, 0.5) is 21.9 Å². The van der Waals surface area contributed by atoms with Crippen molar-refractivity contribution in [1.29, 1.82) is 0 Å². The summed E-state index contributed by atoms with van der Waals surface area (Å²) in [6, 6.07) is 24.9. The number of fused-ring (bicyclic) bond motifs is 1. The standard InChI is InChI=1S/C39H49N5O5S.C11H13NO5/c1-9-38(4,5)28-15-22-33(32(24-28)39(6,7)10-2)48-23-11-12-34(45)40-29-18-20-31(21-19-29)49-35-26(3)25-44-36(41-42-37(35)44)27-13-16-30(17-14-27)43-50(8,46)47;1-3-16-11(15)12-9-6-8(17-7(2)13)4-5-10(9)14/h13-22,24-25,42-43H,9-12,23H2,1-8H3,(H,40,45);4-6,14H,3H2,1-2H3,(H,12,15). The summed E-state index contributed by atoms with van der Waals surface area (Å²) in [7, 11) is -3.36. The molecule has 2 amide bonds. The summed E-state index contributed by atoms with van der Waals surface area (Å²) in [4.78, 5) is 34.7. The number of rotatable bonds is 18. The number of phenolic OH excluding ortho intramolecular Hbond substituents is 1. The minimum Gasteiger partial charge on any atom is -0.506 e. The first-order valence-electron chi connectivity index (χ1n) is 22.1. The van der Waals surface area contributed by atoms with Crippen LogP contribution in [-0.4, -0.2) is 65.6 Å². The second-order valence-corrected chi connectivity index (χ2v) is 19.0. The van der Waals surface area contributed by atoms with Gasteiger partial charge in [0.25, 0.3) is 0 Å². The lowest BCUT2D eigenvalue weighted by Crippen LogP contribution is -2.21. The molecule has 0 aliphatic carbocycles. The topological polar surface area (TPSA) is 212 Å². The summed E-state index contributed by atoms with van der Waals surface area (Å²) in [5, 5.41) is 22.3. The first-order valence-corrected chi connectivity index (χ1v) is 24.0. The Kier molecular flexibility index (Phi) is 16.7. The number of amides is 2. The minimum absolute atomic E-state index is 0.0224. The number of sulfonamides is 1. The molecule has 16 nitrogen and oxygen atoms in total. The molecule has 0 radical (unpaired) electrons. The molecule has 0 atom stereocenters. The molecule has 2 aromatic heterocycles. The number of phenols is 1. The number of nitrogens with zero attached hydrogens (tertiary/aromatic N) is 2. The second-order valence-electron chi connectivity index (χ2n) is 17.3. The van der Waals surface area contributed by atoms with Crippen LogP contribution < -0.4 is 29.6 Å². The summed E-state index contributed by atoms with van der Waals surface area (Å²) in [5.41, 5.74) is 6.26.